The summed E-state index contributed by atoms with van der Waals surface area (Å²) in [5.41, 5.74) is 3.16. The highest BCUT2D eigenvalue weighted by atomic mass is 16.5. The maximum absolute atomic E-state index is 12.3. The van der Waals surface area contributed by atoms with Crippen LogP contribution in [0.2, 0.25) is 0 Å². The third kappa shape index (κ3) is 6.57. The van der Waals surface area contributed by atoms with Crippen molar-refractivity contribution in [2.45, 2.75) is 26.3 Å². The molecular weight excluding hydrogens is 406 g/mol. The van der Waals surface area contributed by atoms with Gasteiger partial charge in [0, 0.05) is 31.0 Å². The van der Waals surface area contributed by atoms with Crippen molar-refractivity contribution in [3.63, 3.8) is 0 Å². The molecule has 0 fully saturated rings. The largest absolute Gasteiger partial charge is 0.493 e. The summed E-state index contributed by atoms with van der Waals surface area (Å²) >= 11 is 0. The van der Waals surface area contributed by atoms with Gasteiger partial charge in [-0.2, -0.15) is 0 Å². The number of nitrogens with one attached hydrogen (secondary N) is 2. The zero-order valence-electron chi connectivity index (χ0n) is 18.3. The topological polar surface area (TPSA) is 89.6 Å². The Kier molecular flexibility index (Phi) is 8.20. The predicted octanol–water partition coefficient (Wildman–Crippen LogP) is 3.99. The number of methoxy groups -OCH3 is 1. The Morgan fingerprint density at radius 3 is 2.47 bits per heavy atom. The SMILES string of the molecule is CCOc1ccc(CCC(=O)Nc2ccc(CNC(=O)c3cccnc3)cc2)cc1OC. The molecule has 0 atom stereocenters. The fourth-order valence-corrected chi connectivity index (χ4v) is 3.11. The fraction of sp³-hybridized carbons (Fsp3) is 0.240. The number of hydrogen-bond donors (Lipinski definition) is 2. The molecule has 32 heavy (non-hydrogen) atoms. The number of carbonyl (C=O) groups is 2. The fourth-order valence-electron chi connectivity index (χ4n) is 3.11. The molecule has 3 rings (SSSR count). The first-order valence-electron chi connectivity index (χ1n) is 10.5. The molecule has 0 spiro atoms. The average molecular weight is 434 g/mol. The number of aromatic nitrogens is 1. The Hall–Kier alpha value is -3.87. The normalized spacial score (nSPS) is 10.3. The van der Waals surface area contributed by atoms with Crippen LogP contribution >= 0.6 is 0 Å². The second kappa shape index (κ2) is 11.5. The number of anilines is 1. The molecule has 2 amide bonds. The van der Waals surface area contributed by atoms with E-state index >= 15 is 0 Å². The Labute approximate surface area is 187 Å². The molecule has 2 N–H and O–H groups in total. The van der Waals surface area contributed by atoms with Crippen LogP contribution in [-0.4, -0.2) is 30.5 Å². The highest BCUT2D eigenvalue weighted by Crippen LogP contribution is 2.28. The number of nitrogens with zero attached hydrogens (tertiary/aromatic N) is 1. The lowest BCUT2D eigenvalue weighted by Gasteiger charge is -2.11. The van der Waals surface area contributed by atoms with Crippen LogP contribution < -0.4 is 20.1 Å². The van der Waals surface area contributed by atoms with Crippen molar-refractivity contribution in [3.8, 4) is 11.5 Å². The average Bonchev–Trinajstić information content (AvgIpc) is 2.83. The van der Waals surface area contributed by atoms with E-state index in [2.05, 4.69) is 15.6 Å². The lowest BCUT2D eigenvalue weighted by atomic mass is 10.1. The summed E-state index contributed by atoms with van der Waals surface area (Å²) in [4.78, 5) is 28.4. The van der Waals surface area contributed by atoms with Gasteiger partial charge in [-0.25, -0.2) is 0 Å². The van der Waals surface area contributed by atoms with Crippen LogP contribution in [0.4, 0.5) is 5.69 Å². The number of amides is 2. The quantitative estimate of drug-likeness (QED) is 0.505. The third-order valence-electron chi connectivity index (χ3n) is 4.78. The van der Waals surface area contributed by atoms with Crippen molar-refractivity contribution in [1.82, 2.24) is 10.3 Å². The van der Waals surface area contributed by atoms with Gasteiger partial charge in [-0.05, 0) is 60.9 Å². The Balaban J connectivity index is 1.47. The van der Waals surface area contributed by atoms with Gasteiger partial charge in [0.2, 0.25) is 5.91 Å². The third-order valence-corrected chi connectivity index (χ3v) is 4.78. The number of pyridine rings is 1. The molecule has 7 heteroatoms. The van der Waals surface area contributed by atoms with Crippen molar-refractivity contribution in [1.29, 1.82) is 0 Å². The molecule has 0 radical (unpaired) electrons. The highest BCUT2D eigenvalue weighted by Gasteiger charge is 2.09. The molecule has 0 saturated carbocycles. The first-order valence-corrected chi connectivity index (χ1v) is 10.5. The van der Waals surface area contributed by atoms with Crippen LogP contribution in [0.5, 0.6) is 11.5 Å². The standard InChI is InChI=1S/C25H27N3O4/c1-3-32-22-12-8-18(15-23(22)31-2)9-13-24(29)28-21-10-6-19(7-11-21)16-27-25(30)20-5-4-14-26-17-20/h4-8,10-12,14-15,17H,3,9,13,16H2,1-2H3,(H,27,30)(H,28,29). The van der Waals surface area contributed by atoms with Crippen LogP contribution in [0, 0.1) is 0 Å². The van der Waals surface area contributed by atoms with E-state index in [0.29, 0.717) is 48.7 Å². The van der Waals surface area contributed by atoms with Gasteiger partial charge < -0.3 is 20.1 Å². The summed E-state index contributed by atoms with van der Waals surface area (Å²) in [5.74, 6) is 1.10. The van der Waals surface area contributed by atoms with Gasteiger partial charge in [0.1, 0.15) is 0 Å². The zero-order chi connectivity index (χ0) is 22.8. The molecule has 1 aromatic heterocycles. The summed E-state index contributed by atoms with van der Waals surface area (Å²) in [6, 6.07) is 16.5. The lowest BCUT2D eigenvalue weighted by Crippen LogP contribution is -2.22. The molecule has 7 nitrogen and oxygen atoms in total. The number of carbonyl (C=O) groups excluding carboxylic acids is 2. The van der Waals surface area contributed by atoms with Gasteiger partial charge >= 0.3 is 0 Å². The molecule has 166 valence electrons. The minimum absolute atomic E-state index is 0.0736. The predicted molar refractivity (Wildman–Crippen MR) is 123 cm³/mol. The lowest BCUT2D eigenvalue weighted by molar-refractivity contribution is -0.116. The van der Waals surface area contributed by atoms with E-state index in [1.807, 2.05) is 49.4 Å². The van der Waals surface area contributed by atoms with Crippen LogP contribution in [0.3, 0.4) is 0 Å². The molecular formula is C25H27N3O4. The Bertz CT molecular complexity index is 1040. The van der Waals surface area contributed by atoms with Gasteiger partial charge in [0.15, 0.2) is 11.5 Å². The number of rotatable bonds is 10. The van der Waals surface area contributed by atoms with E-state index < -0.39 is 0 Å². The summed E-state index contributed by atoms with van der Waals surface area (Å²) in [7, 11) is 1.60. The Morgan fingerprint density at radius 2 is 1.78 bits per heavy atom. The van der Waals surface area contributed by atoms with Crippen molar-refractivity contribution < 1.29 is 19.1 Å². The molecule has 0 bridgehead atoms. The van der Waals surface area contributed by atoms with E-state index in [9.17, 15) is 9.59 Å². The maximum Gasteiger partial charge on any atom is 0.253 e. The molecule has 0 saturated heterocycles. The van der Waals surface area contributed by atoms with Crippen molar-refractivity contribution in [3.05, 3.63) is 83.7 Å². The molecule has 3 aromatic rings. The molecule has 0 aliphatic heterocycles. The molecule has 0 aliphatic carbocycles. The van der Waals surface area contributed by atoms with Gasteiger partial charge in [-0.3, -0.25) is 14.6 Å². The minimum atomic E-state index is -0.179. The monoisotopic (exact) mass is 433 g/mol. The first-order chi connectivity index (χ1) is 15.6. The maximum atomic E-state index is 12.3. The summed E-state index contributed by atoms with van der Waals surface area (Å²) < 4.78 is 10.9. The number of aryl methyl sites for hydroxylation is 1. The van der Waals surface area contributed by atoms with E-state index in [-0.39, 0.29) is 11.8 Å². The second-order valence-electron chi connectivity index (χ2n) is 7.09. The number of ether oxygens (including phenoxy) is 2. The second-order valence-corrected chi connectivity index (χ2v) is 7.09. The smallest absolute Gasteiger partial charge is 0.253 e. The van der Waals surface area contributed by atoms with E-state index in [1.165, 1.54) is 6.20 Å². The van der Waals surface area contributed by atoms with Crippen LogP contribution in [0.15, 0.2) is 67.0 Å². The van der Waals surface area contributed by atoms with Crippen LogP contribution in [0.1, 0.15) is 34.8 Å². The summed E-state index contributed by atoms with van der Waals surface area (Å²) in [6.07, 6.45) is 4.09. The number of benzene rings is 2. The van der Waals surface area contributed by atoms with E-state index in [0.717, 1.165) is 11.1 Å². The van der Waals surface area contributed by atoms with Crippen molar-refractivity contribution in [2.24, 2.45) is 0 Å². The highest BCUT2D eigenvalue weighted by molar-refractivity contribution is 5.93. The first kappa shape index (κ1) is 22.8. The van der Waals surface area contributed by atoms with Gasteiger partial charge in [0.25, 0.3) is 5.91 Å². The summed E-state index contributed by atoms with van der Waals surface area (Å²) in [6.45, 7) is 2.87. The van der Waals surface area contributed by atoms with E-state index in [1.54, 1.807) is 25.4 Å². The summed E-state index contributed by atoms with van der Waals surface area (Å²) in [5, 5.41) is 5.75. The van der Waals surface area contributed by atoms with Crippen LogP contribution in [0.25, 0.3) is 0 Å². The molecule has 1 heterocycles. The van der Waals surface area contributed by atoms with Gasteiger partial charge in [-0.1, -0.05) is 18.2 Å². The molecule has 2 aromatic carbocycles. The van der Waals surface area contributed by atoms with Crippen molar-refractivity contribution in [2.75, 3.05) is 19.0 Å². The van der Waals surface area contributed by atoms with Gasteiger partial charge in [0.05, 0.1) is 19.3 Å². The minimum Gasteiger partial charge on any atom is -0.493 e. The van der Waals surface area contributed by atoms with Gasteiger partial charge in [-0.15, -0.1) is 0 Å². The number of hydrogen-bond acceptors (Lipinski definition) is 5. The Morgan fingerprint density at radius 1 is 1.00 bits per heavy atom. The van der Waals surface area contributed by atoms with E-state index in [4.69, 9.17) is 9.47 Å². The van der Waals surface area contributed by atoms with Crippen LogP contribution in [-0.2, 0) is 17.8 Å². The molecule has 0 unspecified atom stereocenters. The van der Waals surface area contributed by atoms with Crippen molar-refractivity contribution >= 4 is 17.5 Å². The molecule has 0 aliphatic rings. The zero-order valence-corrected chi connectivity index (χ0v) is 18.3.